The van der Waals surface area contributed by atoms with Crippen molar-refractivity contribution in [3.63, 3.8) is 0 Å². The molecule has 1 aliphatic carbocycles. The summed E-state index contributed by atoms with van der Waals surface area (Å²) >= 11 is 0. The summed E-state index contributed by atoms with van der Waals surface area (Å²) in [5, 5.41) is 8.69. The summed E-state index contributed by atoms with van der Waals surface area (Å²) in [5.41, 5.74) is 6.77. The number of nitrogens with zero attached hydrogens (tertiary/aromatic N) is 4. The number of aryl methyl sites for hydroxylation is 1. The summed E-state index contributed by atoms with van der Waals surface area (Å²) in [7, 11) is 1.89. The lowest BCUT2D eigenvalue weighted by atomic mass is 9.98. The van der Waals surface area contributed by atoms with Crippen LogP contribution in [0.25, 0.3) is 11.0 Å². The van der Waals surface area contributed by atoms with Crippen molar-refractivity contribution in [2.45, 2.75) is 31.7 Å². The van der Waals surface area contributed by atoms with Crippen LogP contribution < -0.4 is 11.1 Å². The van der Waals surface area contributed by atoms with E-state index in [4.69, 9.17) is 5.73 Å². The highest BCUT2D eigenvalue weighted by molar-refractivity contribution is 5.86. The average molecular weight is 260 g/mol. The van der Waals surface area contributed by atoms with Crippen molar-refractivity contribution in [1.82, 2.24) is 19.7 Å². The Bertz CT molecular complexity index is 557. The molecule has 0 radical (unpaired) electrons. The largest absolute Gasteiger partial charge is 0.365 e. The van der Waals surface area contributed by atoms with Gasteiger partial charge in [-0.25, -0.2) is 9.97 Å². The molecule has 0 aliphatic heterocycles. The van der Waals surface area contributed by atoms with Gasteiger partial charge in [0.1, 0.15) is 12.1 Å². The van der Waals surface area contributed by atoms with Gasteiger partial charge in [0.2, 0.25) is 0 Å². The van der Waals surface area contributed by atoms with E-state index in [2.05, 4.69) is 20.4 Å². The molecule has 3 N–H and O–H groups in total. The van der Waals surface area contributed by atoms with Gasteiger partial charge in [-0.3, -0.25) is 4.68 Å². The van der Waals surface area contributed by atoms with Crippen LogP contribution in [-0.4, -0.2) is 32.3 Å². The molecule has 2 heterocycles. The van der Waals surface area contributed by atoms with E-state index in [1.54, 1.807) is 17.2 Å². The van der Waals surface area contributed by atoms with Gasteiger partial charge >= 0.3 is 0 Å². The highest BCUT2D eigenvalue weighted by Crippen LogP contribution is 2.29. The summed E-state index contributed by atoms with van der Waals surface area (Å²) in [6.07, 6.45) is 8.53. The molecule has 0 spiro atoms. The topological polar surface area (TPSA) is 81.7 Å². The van der Waals surface area contributed by atoms with E-state index in [0.717, 1.165) is 16.9 Å². The number of anilines is 1. The van der Waals surface area contributed by atoms with Crippen LogP contribution >= 0.6 is 0 Å². The van der Waals surface area contributed by atoms with E-state index in [1.165, 1.54) is 25.7 Å². The zero-order valence-corrected chi connectivity index (χ0v) is 11.2. The first-order valence-corrected chi connectivity index (χ1v) is 6.89. The first-order valence-electron chi connectivity index (χ1n) is 6.89. The van der Waals surface area contributed by atoms with Crippen LogP contribution in [0.15, 0.2) is 12.5 Å². The molecule has 0 amide bonds. The monoisotopic (exact) mass is 260 g/mol. The number of rotatable bonds is 4. The predicted octanol–water partition coefficient (Wildman–Crippen LogP) is 1.29. The van der Waals surface area contributed by atoms with Gasteiger partial charge < -0.3 is 11.1 Å². The van der Waals surface area contributed by atoms with Crippen molar-refractivity contribution in [1.29, 1.82) is 0 Å². The minimum atomic E-state index is 0.292. The summed E-state index contributed by atoms with van der Waals surface area (Å²) in [5.74, 6) is 1.51. The second-order valence-corrected chi connectivity index (χ2v) is 5.26. The SMILES string of the molecule is Cn1ncc2c(NC(CN)C3CCCC3)ncnc21. The normalized spacial score (nSPS) is 18.0. The lowest BCUT2D eigenvalue weighted by Gasteiger charge is -2.23. The van der Waals surface area contributed by atoms with Crippen molar-refractivity contribution >= 4 is 16.9 Å². The fourth-order valence-corrected chi connectivity index (χ4v) is 2.98. The number of hydrogen-bond acceptors (Lipinski definition) is 5. The second kappa shape index (κ2) is 5.13. The Kier molecular flexibility index (Phi) is 3.33. The molecule has 0 saturated heterocycles. The van der Waals surface area contributed by atoms with Crippen molar-refractivity contribution in [2.75, 3.05) is 11.9 Å². The van der Waals surface area contributed by atoms with Gasteiger partial charge in [-0.2, -0.15) is 5.10 Å². The molecule has 1 saturated carbocycles. The number of hydrogen-bond donors (Lipinski definition) is 2. The zero-order chi connectivity index (χ0) is 13.2. The molecule has 6 heteroatoms. The van der Waals surface area contributed by atoms with Gasteiger partial charge in [0.25, 0.3) is 0 Å². The number of nitrogens with one attached hydrogen (secondary N) is 1. The molecule has 102 valence electrons. The molecule has 2 aromatic rings. The maximum Gasteiger partial charge on any atom is 0.163 e. The Balaban J connectivity index is 1.87. The van der Waals surface area contributed by atoms with Gasteiger partial charge in [0.05, 0.1) is 11.6 Å². The molecule has 0 bridgehead atoms. The van der Waals surface area contributed by atoms with E-state index < -0.39 is 0 Å². The van der Waals surface area contributed by atoms with Crippen LogP contribution in [0.2, 0.25) is 0 Å². The lowest BCUT2D eigenvalue weighted by molar-refractivity contribution is 0.461. The van der Waals surface area contributed by atoms with Gasteiger partial charge in [0, 0.05) is 19.6 Å². The molecule has 1 aliphatic rings. The Labute approximate surface area is 112 Å². The fourth-order valence-electron chi connectivity index (χ4n) is 2.98. The van der Waals surface area contributed by atoms with E-state index in [9.17, 15) is 0 Å². The Morgan fingerprint density at radius 1 is 1.42 bits per heavy atom. The molecule has 3 rings (SSSR count). The third kappa shape index (κ3) is 2.28. The molecule has 19 heavy (non-hydrogen) atoms. The van der Waals surface area contributed by atoms with Crippen molar-refractivity contribution < 1.29 is 0 Å². The molecular weight excluding hydrogens is 240 g/mol. The third-order valence-corrected chi connectivity index (χ3v) is 4.07. The van der Waals surface area contributed by atoms with Crippen molar-refractivity contribution in [3.05, 3.63) is 12.5 Å². The van der Waals surface area contributed by atoms with Crippen LogP contribution in [0, 0.1) is 5.92 Å². The summed E-state index contributed by atoms with van der Waals surface area (Å²) in [6, 6.07) is 0.292. The fraction of sp³-hybridized carbons (Fsp3) is 0.615. The van der Waals surface area contributed by atoms with Crippen molar-refractivity contribution in [2.24, 2.45) is 18.7 Å². The summed E-state index contributed by atoms with van der Waals surface area (Å²) < 4.78 is 1.76. The van der Waals surface area contributed by atoms with E-state index >= 15 is 0 Å². The van der Waals surface area contributed by atoms with Gasteiger partial charge in [-0.05, 0) is 18.8 Å². The van der Waals surface area contributed by atoms with Gasteiger partial charge in [-0.1, -0.05) is 12.8 Å². The summed E-state index contributed by atoms with van der Waals surface area (Å²) in [6.45, 7) is 0.635. The van der Waals surface area contributed by atoms with Crippen molar-refractivity contribution in [3.8, 4) is 0 Å². The smallest absolute Gasteiger partial charge is 0.163 e. The van der Waals surface area contributed by atoms with Gasteiger partial charge in [0.15, 0.2) is 5.65 Å². The van der Waals surface area contributed by atoms with Crippen LogP contribution in [0.1, 0.15) is 25.7 Å². The molecule has 1 atom stereocenters. The van der Waals surface area contributed by atoms with E-state index in [-0.39, 0.29) is 0 Å². The Morgan fingerprint density at radius 2 is 2.21 bits per heavy atom. The molecular formula is C13H20N6. The average Bonchev–Trinajstić information content (AvgIpc) is 3.07. The molecule has 6 nitrogen and oxygen atoms in total. The number of nitrogens with two attached hydrogens (primary N) is 1. The molecule has 2 aromatic heterocycles. The Morgan fingerprint density at radius 3 is 2.95 bits per heavy atom. The maximum atomic E-state index is 5.92. The minimum absolute atomic E-state index is 0.292. The molecule has 1 fully saturated rings. The highest BCUT2D eigenvalue weighted by atomic mass is 15.3. The molecule has 1 unspecified atom stereocenters. The first-order chi connectivity index (χ1) is 9.29. The minimum Gasteiger partial charge on any atom is -0.365 e. The van der Waals surface area contributed by atoms with E-state index in [0.29, 0.717) is 18.5 Å². The summed E-state index contributed by atoms with van der Waals surface area (Å²) in [4.78, 5) is 8.60. The number of aromatic nitrogens is 4. The zero-order valence-electron chi connectivity index (χ0n) is 11.2. The first kappa shape index (κ1) is 12.3. The molecule has 0 aromatic carbocycles. The lowest BCUT2D eigenvalue weighted by Crippen LogP contribution is -2.35. The van der Waals surface area contributed by atoms with Crippen LogP contribution in [0.3, 0.4) is 0 Å². The number of fused-ring (bicyclic) bond motifs is 1. The quantitative estimate of drug-likeness (QED) is 0.865. The van der Waals surface area contributed by atoms with E-state index in [1.807, 2.05) is 7.05 Å². The third-order valence-electron chi connectivity index (χ3n) is 4.07. The maximum absolute atomic E-state index is 5.92. The van der Waals surface area contributed by atoms with Crippen LogP contribution in [0.5, 0.6) is 0 Å². The predicted molar refractivity (Wildman–Crippen MR) is 74.7 cm³/mol. The van der Waals surface area contributed by atoms with Crippen LogP contribution in [0.4, 0.5) is 5.82 Å². The standard InChI is InChI=1S/C13H20N6/c1-19-13-10(7-17-19)12(15-8-16-13)18-11(6-14)9-4-2-3-5-9/h7-9,11H,2-6,14H2,1H3,(H,15,16,18). The van der Waals surface area contributed by atoms with Crippen LogP contribution in [-0.2, 0) is 7.05 Å². The second-order valence-electron chi connectivity index (χ2n) is 5.26. The Hall–Kier alpha value is -1.69. The van der Waals surface area contributed by atoms with Gasteiger partial charge in [-0.15, -0.1) is 0 Å². The highest BCUT2D eigenvalue weighted by Gasteiger charge is 2.24.